The highest BCUT2D eigenvalue weighted by molar-refractivity contribution is 6.32. The first kappa shape index (κ1) is 12.3. The second-order valence-corrected chi connectivity index (χ2v) is 4.55. The van der Waals surface area contributed by atoms with Gasteiger partial charge in [0.25, 0.3) is 0 Å². The van der Waals surface area contributed by atoms with Crippen LogP contribution in [0.4, 0.5) is 11.8 Å². The summed E-state index contributed by atoms with van der Waals surface area (Å²) in [6, 6.07) is 0. The summed E-state index contributed by atoms with van der Waals surface area (Å²) in [5.41, 5.74) is 4.56. The van der Waals surface area contributed by atoms with Gasteiger partial charge in [0.05, 0.1) is 12.3 Å². The van der Waals surface area contributed by atoms with Gasteiger partial charge in [0.15, 0.2) is 5.82 Å². The summed E-state index contributed by atoms with van der Waals surface area (Å²) in [5, 5.41) is 13.6. The van der Waals surface area contributed by atoms with E-state index in [1.54, 1.807) is 0 Å². The Balaban J connectivity index is 2.04. The Hall–Kier alpha value is -1.11. The molecule has 6 nitrogen and oxygen atoms in total. The van der Waals surface area contributed by atoms with E-state index in [9.17, 15) is 5.11 Å². The average Bonchev–Trinajstić information content (AvgIpc) is 2.61. The Bertz CT molecular complexity index is 417. The van der Waals surface area contributed by atoms with Gasteiger partial charge in [-0.15, -0.1) is 0 Å². The van der Waals surface area contributed by atoms with E-state index in [0.717, 1.165) is 0 Å². The van der Waals surface area contributed by atoms with Gasteiger partial charge >= 0.3 is 0 Å². The third-order valence-electron chi connectivity index (χ3n) is 2.98. The quantitative estimate of drug-likeness (QED) is 0.738. The zero-order valence-electron chi connectivity index (χ0n) is 9.48. The van der Waals surface area contributed by atoms with Crippen molar-refractivity contribution in [3.8, 4) is 0 Å². The molecule has 2 rings (SSSR count). The van der Waals surface area contributed by atoms with Crippen LogP contribution in [0.1, 0.15) is 13.3 Å². The molecule has 17 heavy (non-hydrogen) atoms. The zero-order valence-corrected chi connectivity index (χ0v) is 10.2. The maximum absolute atomic E-state index is 10.3. The lowest BCUT2D eigenvalue weighted by molar-refractivity contribution is -0.0176. The van der Waals surface area contributed by atoms with Gasteiger partial charge in [-0.2, -0.15) is 4.98 Å². The number of nitrogen functional groups attached to an aromatic ring is 1. The lowest BCUT2D eigenvalue weighted by atomic mass is 9.97. The molecule has 0 aromatic carbocycles. The van der Waals surface area contributed by atoms with Crippen LogP contribution >= 0.6 is 11.6 Å². The molecule has 2 atom stereocenters. The summed E-state index contributed by atoms with van der Waals surface area (Å²) >= 11 is 5.91. The number of rotatable bonds is 3. The van der Waals surface area contributed by atoms with E-state index in [-0.39, 0.29) is 12.1 Å². The number of ether oxygens (including phenoxy) is 1. The van der Waals surface area contributed by atoms with Crippen molar-refractivity contribution in [3.63, 3.8) is 0 Å². The second kappa shape index (κ2) is 4.64. The predicted molar refractivity (Wildman–Crippen MR) is 64.9 cm³/mol. The van der Waals surface area contributed by atoms with E-state index in [1.807, 2.05) is 6.92 Å². The lowest BCUT2D eigenvalue weighted by Crippen LogP contribution is -2.43. The van der Waals surface area contributed by atoms with Crippen LogP contribution in [-0.2, 0) is 4.74 Å². The lowest BCUT2D eigenvalue weighted by Gasteiger charge is -2.26. The van der Waals surface area contributed by atoms with Crippen LogP contribution in [0.5, 0.6) is 0 Å². The van der Waals surface area contributed by atoms with Crippen molar-refractivity contribution in [2.75, 3.05) is 24.2 Å². The Labute approximate surface area is 104 Å². The largest absolute Gasteiger partial charge is 0.385 e. The number of halogens is 1. The normalized spacial score (nSPS) is 28.3. The van der Waals surface area contributed by atoms with E-state index in [0.29, 0.717) is 30.4 Å². The molecule has 1 aliphatic rings. The predicted octanol–water partition coefficient (Wildman–Crippen LogP) is 0.664. The SMILES string of the molecule is CC1OCCC1(O)CNc1nc(N)ncc1Cl. The molecular weight excluding hydrogens is 244 g/mol. The molecule has 2 heterocycles. The number of aromatic nitrogens is 2. The summed E-state index contributed by atoms with van der Waals surface area (Å²) in [7, 11) is 0. The first-order chi connectivity index (χ1) is 8.01. The number of anilines is 2. The molecule has 94 valence electrons. The van der Waals surface area contributed by atoms with Crippen molar-refractivity contribution in [2.45, 2.75) is 25.0 Å². The standard InChI is InChI=1S/C10H15ClN4O2/c1-6-10(16,2-3-17-6)5-14-8-7(11)4-13-9(12)15-8/h4,6,16H,2-3,5H2,1H3,(H3,12,13,14,15). The molecule has 2 unspecified atom stereocenters. The van der Waals surface area contributed by atoms with Crippen LogP contribution < -0.4 is 11.1 Å². The molecular formula is C10H15ClN4O2. The van der Waals surface area contributed by atoms with Gasteiger partial charge in [0.1, 0.15) is 10.6 Å². The van der Waals surface area contributed by atoms with Crippen LogP contribution in [0, 0.1) is 0 Å². The number of nitrogens with two attached hydrogens (primary N) is 1. The third kappa shape index (κ3) is 2.59. The maximum Gasteiger partial charge on any atom is 0.222 e. The minimum absolute atomic E-state index is 0.139. The van der Waals surface area contributed by atoms with Crippen LogP contribution in [0.25, 0.3) is 0 Å². The highest BCUT2D eigenvalue weighted by Crippen LogP contribution is 2.27. The monoisotopic (exact) mass is 258 g/mol. The van der Waals surface area contributed by atoms with Gasteiger partial charge in [0, 0.05) is 19.6 Å². The van der Waals surface area contributed by atoms with E-state index >= 15 is 0 Å². The van der Waals surface area contributed by atoms with Crippen LogP contribution in [-0.4, -0.2) is 39.9 Å². The number of aliphatic hydroxyl groups is 1. The fourth-order valence-electron chi connectivity index (χ4n) is 1.74. The van der Waals surface area contributed by atoms with Crippen molar-refractivity contribution in [1.82, 2.24) is 9.97 Å². The summed E-state index contributed by atoms with van der Waals surface area (Å²) in [6.07, 6.45) is 1.79. The number of hydrogen-bond acceptors (Lipinski definition) is 6. The van der Waals surface area contributed by atoms with Gasteiger partial charge in [-0.3, -0.25) is 0 Å². The minimum atomic E-state index is -0.900. The molecule has 4 N–H and O–H groups in total. The van der Waals surface area contributed by atoms with Crippen molar-refractivity contribution in [1.29, 1.82) is 0 Å². The molecule has 1 fully saturated rings. The number of nitrogens with one attached hydrogen (secondary N) is 1. The van der Waals surface area contributed by atoms with Crippen molar-refractivity contribution < 1.29 is 9.84 Å². The first-order valence-corrected chi connectivity index (χ1v) is 5.75. The fraction of sp³-hybridized carbons (Fsp3) is 0.600. The van der Waals surface area contributed by atoms with Crippen molar-refractivity contribution >= 4 is 23.4 Å². The topological polar surface area (TPSA) is 93.3 Å². The Morgan fingerprint density at radius 1 is 1.76 bits per heavy atom. The molecule has 1 aliphatic heterocycles. The van der Waals surface area contributed by atoms with Crippen LogP contribution in [0.3, 0.4) is 0 Å². The highest BCUT2D eigenvalue weighted by atomic mass is 35.5. The third-order valence-corrected chi connectivity index (χ3v) is 3.26. The molecule has 0 saturated carbocycles. The Morgan fingerprint density at radius 3 is 3.18 bits per heavy atom. The second-order valence-electron chi connectivity index (χ2n) is 4.14. The molecule has 7 heteroatoms. The van der Waals surface area contributed by atoms with Crippen molar-refractivity contribution in [3.05, 3.63) is 11.2 Å². The smallest absolute Gasteiger partial charge is 0.222 e. The van der Waals surface area contributed by atoms with Gasteiger partial charge in [-0.1, -0.05) is 11.6 Å². The number of nitrogens with zero attached hydrogens (tertiary/aromatic N) is 2. The maximum atomic E-state index is 10.3. The minimum Gasteiger partial charge on any atom is -0.385 e. The van der Waals surface area contributed by atoms with E-state index in [1.165, 1.54) is 6.20 Å². The van der Waals surface area contributed by atoms with E-state index < -0.39 is 5.60 Å². The first-order valence-electron chi connectivity index (χ1n) is 5.37. The van der Waals surface area contributed by atoms with Gasteiger partial charge in [-0.05, 0) is 6.92 Å². The van der Waals surface area contributed by atoms with Crippen LogP contribution in [0.15, 0.2) is 6.20 Å². The summed E-state index contributed by atoms with van der Waals surface area (Å²) in [6.45, 7) is 2.70. The van der Waals surface area contributed by atoms with Crippen molar-refractivity contribution in [2.24, 2.45) is 0 Å². The van der Waals surface area contributed by atoms with Gasteiger partial charge in [0.2, 0.25) is 5.95 Å². The molecule has 0 amide bonds. The molecule has 0 spiro atoms. The number of hydrogen-bond donors (Lipinski definition) is 3. The molecule has 1 aromatic rings. The van der Waals surface area contributed by atoms with Gasteiger partial charge < -0.3 is 20.9 Å². The molecule has 0 bridgehead atoms. The van der Waals surface area contributed by atoms with E-state index in [2.05, 4.69) is 15.3 Å². The zero-order chi connectivity index (χ0) is 12.5. The Kier molecular flexibility index (Phi) is 3.37. The van der Waals surface area contributed by atoms with E-state index in [4.69, 9.17) is 22.1 Å². The summed E-state index contributed by atoms with van der Waals surface area (Å²) in [4.78, 5) is 7.72. The highest BCUT2D eigenvalue weighted by Gasteiger charge is 2.39. The average molecular weight is 259 g/mol. The molecule has 0 radical (unpaired) electrons. The fourth-order valence-corrected chi connectivity index (χ4v) is 1.90. The van der Waals surface area contributed by atoms with Gasteiger partial charge in [-0.25, -0.2) is 4.98 Å². The molecule has 1 saturated heterocycles. The molecule has 0 aliphatic carbocycles. The molecule has 1 aromatic heterocycles. The van der Waals surface area contributed by atoms with Crippen LogP contribution in [0.2, 0.25) is 5.02 Å². The summed E-state index contributed by atoms with van der Waals surface area (Å²) < 4.78 is 5.33. The Morgan fingerprint density at radius 2 is 2.53 bits per heavy atom. The summed E-state index contributed by atoms with van der Waals surface area (Å²) in [5.74, 6) is 0.561.